The Morgan fingerprint density at radius 1 is 1.25 bits per heavy atom. The average Bonchev–Trinajstić information content (AvgIpc) is 2.26. The molecule has 0 heteroatoms. The van der Waals surface area contributed by atoms with E-state index in [2.05, 4.69) is 25.1 Å². The number of benzene rings is 1. The van der Waals surface area contributed by atoms with Crippen molar-refractivity contribution in [2.24, 2.45) is 5.92 Å². The van der Waals surface area contributed by atoms with E-state index in [1.807, 2.05) is 0 Å². The monoisotopic (exact) mass is 158 g/mol. The van der Waals surface area contributed by atoms with Crippen molar-refractivity contribution in [3.63, 3.8) is 0 Å². The van der Waals surface area contributed by atoms with Crippen molar-refractivity contribution in [3.05, 3.63) is 34.9 Å². The highest BCUT2D eigenvalue weighted by atomic mass is 14.4. The first-order valence-corrected chi connectivity index (χ1v) is 4.94. The van der Waals surface area contributed by atoms with Crippen LogP contribution < -0.4 is 0 Å². The summed E-state index contributed by atoms with van der Waals surface area (Å²) in [7, 11) is 0. The van der Waals surface area contributed by atoms with Gasteiger partial charge in [0.15, 0.2) is 0 Å². The summed E-state index contributed by atoms with van der Waals surface area (Å²) >= 11 is 0. The second kappa shape index (κ2) is 2.12. The SMILES string of the molecule is Cc1cccc2c1C1CCC1C2. The first-order valence-electron chi connectivity index (χ1n) is 4.94. The van der Waals surface area contributed by atoms with Crippen molar-refractivity contribution in [1.82, 2.24) is 0 Å². The highest BCUT2D eigenvalue weighted by Gasteiger charge is 2.39. The van der Waals surface area contributed by atoms with Crippen molar-refractivity contribution >= 4 is 0 Å². The van der Waals surface area contributed by atoms with Crippen LogP contribution in [0.1, 0.15) is 35.4 Å². The molecule has 0 bridgehead atoms. The van der Waals surface area contributed by atoms with Crippen LogP contribution in [0.4, 0.5) is 0 Å². The van der Waals surface area contributed by atoms with Crippen molar-refractivity contribution in [2.45, 2.75) is 32.1 Å². The van der Waals surface area contributed by atoms with E-state index in [4.69, 9.17) is 0 Å². The van der Waals surface area contributed by atoms with Gasteiger partial charge in [-0.1, -0.05) is 18.2 Å². The maximum atomic E-state index is 2.32. The number of hydrogen-bond donors (Lipinski definition) is 0. The van der Waals surface area contributed by atoms with Crippen LogP contribution in [0, 0.1) is 12.8 Å². The van der Waals surface area contributed by atoms with Crippen molar-refractivity contribution in [1.29, 1.82) is 0 Å². The van der Waals surface area contributed by atoms with E-state index in [1.165, 1.54) is 24.8 Å². The predicted octanol–water partition coefficient (Wildman–Crippen LogP) is 3.04. The molecule has 1 saturated carbocycles. The molecule has 0 aromatic heterocycles. The van der Waals surface area contributed by atoms with Crippen LogP contribution >= 0.6 is 0 Å². The lowest BCUT2D eigenvalue weighted by atomic mass is 9.73. The Balaban J connectivity index is 2.18. The smallest absolute Gasteiger partial charge is 0.0125 e. The molecule has 0 N–H and O–H groups in total. The summed E-state index contributed by atoms with van der Waals surface area (Å²) < 4.78 is 0. The van der Waals surface area contributed by atoms with Crippen LogP contribution in [0.3, 0.4) is 0 Å². The molecule has 0 amide bonds. The van der Waals surface area contributed by atoms with E-state index < -0.39 is 0 Å². The molecule has 62 valence electrons. The quantitative estimate of drug-likeness (QED) is 0.544. The summed E-state index contributed by atoms with van der Waals surface area (Å²) in [4.78, 5) is 0. The Morgan fingerprint density at radius 3 is 2.92 bits per heavy atom. The Kier molecular flexibility index (Phi) is 1.19. The minimum atomic E-state index is 0.946. The van der Waals surface area contributed by atoms with Crippen LogP contribution in [0.15, 0.2) is 18.2 Å². The normalized spacial score (nSPS) is 30.8. The molecule has 1 fully saturated rings. The lowest BCUT2D eigenvalue weighted by molar-refractivity contribution is 0.280. The summed E-state index contributed by atoms with van der Waals surface area (Å²) in [5, 5.41) is 0. The fraction of sp³-hybridized carbons (Fsp3) is 0.500. The van der Waals surface area contributed by atoms with Gasteiger partial charge in [-0.25, -0.2) is 0 Å². The minimum Gasteiger partial charge on any atom is -0.0617 e. The number of aryl methyl sites for hydroxylation is 1. The molecule has 1 aromatic rings. The maximum absolute atomic E-state index is 2.32. The zero-order valence-corrected chi connectivity index (χ0v) is 7.51. The summed E-state index contributed by atoms with van der Waals surface area (Å²) in [5.74, 6) is 1.96. The van der Waals surface area contributed by atoms with Gasteiger partial charge in [0.2, 0.25) is 0 Å². The van der Waals surface area contributed by atoms with Gasteiger partial charge in [0.25, 0.3) is 0 Å². The molecule has 0 nitrogen and oxygen atoms in total. The molecule has 2 unspecified atom stereocenters. The van der Waals surface area contributed by atoms with Crippen LogP contribution in [0.2, 0.25) is 0 Å². The summed E-state index contributed by atoms with van der Waals surface area (Å²) in [6.45, 7) is 2.26. The fourth-order valence-corrected chi connectivity index (χ4v) is 2.93. The third kappa shape index (κ3) is 0.682. The van der Waals surface area contributed by atoms with Gasteiger partial charge in [0, 0.05) is 0 Å². The lowest BCUT2D eigenvalue weighted by Crippen LogP contribution is -2.19. The Morgan fingerprint density at radius 2 is 2.17 bits per heavy atom. The van der Waals surface area contributed by atoms with Crippen LogP contribution in [0.5, 0.6) is 0 Å². The molecule has 1 aromatic carbocycles. The highest BCUT2D eigenvalue weighted by molar-refractivity contribution is 5.43. The van der Waals surface area contributed by atoms with E-state index in [1.54, 1.807) is 11.1 Å². The zero-order chi connectivity index (χ0) is 8.13. The topological polar surface area (TPSA) is 0 Å². The van der Waals surface area contributed by atoms with Gasteiger partial charge in [-0.3, -0.25) is 0 Å². The minimum absolute atomic E-state index is 0.946. The second-order valence-corrected chi connectivity index (χ2v) is 4.30. The number of rotatable bonds is 0. The van der Waals surface area contributed by atoms with Crippen LogP contribution in [-0.4, -0.2) is 0 Å². The fourth-order valence-electron chi connectivity index (χ4n) is 2.93. The van der Waals surface area contributed by atoms with E-state index in [-0.39, 0.29) is 0 Å². The molecule has 2 aliphatic carbocycles. The van der Waals surface area contributed by atoms with E-state index in [0.29, 0.717) is 0 Å². The molecule has 2 atom stereocenters. The summed E-state index contributed by atoms with van der Waals surface area (Å²) in [6.07, 6.45) is 4.28. The van der Waals surface area contributed by atoms with Crippen molar-refractivity contribution in [3.8, 4) is 0 Å². The van der Waals surface area contributed by atoms with Gasteiger partial charge in [-0.05, 0) is 54.7 Å². The predicted molar refractivity (Wildman–Crippen MR) is 50.3 cm³/mol. The van der Waals surface area contributed by atoms with E-state index in [0.717, 1.165) is 11.8 Å². The Hall–Kier alpha value is -0.780. The largest absolute Gasteiger partial charge is 0.0617 e. The second-order valence-electron chi connectivity index (χ2n) is 4.30. The van der Waals surface area contributed by atoms with Gasteiger partial charge in [0.05, 0.1) is 0 Å². The van der Waals surface area contributed by atoms with E-state index >= 15 is 0 Å². The average molecular weight is 158 g/mol. The van der Waals surface area contributed by atoms with Crippen LogP contribution in [0.25, 0.3) is 0 Å². The maximum Gasteiger partial charge on any atom is -0.0125 e. The molecule has 12 heavy (non-hydrogen) atoms. The third-order valence-corrected chi connectivity index (χ3v) is 3.68. The Bertz CT molecular complexity index is 325. The Labute approximate surface area is 73.6 Å². The molecule has 3 rings (SSSR count). The van der Waals surface area contributed by atoms with Crippen molar-refractivity contribution < 1.29 is 0 Å². The molecule has 0 radical (unpaired) electrons. The molecular formula is C12H14. The molecule has 0 spiro atoms. The highest BCUT2D eigenvalue weighted by Crippen LogP contribution is 2.51. The first-order chi connectivity index (χ1) is 5.86. The number of hydrogen-bond acceptors (Lipinski definition) is 0. The van der Waals surface area contributed by atoms with Gasteiger partial charge < -0.3 is 0 Å². The van der Waals surface area contributed by atoms with Gasteiger partial charge in [-0.2, -0.15) is 0 Å². The van der Waals surface area contributed by atoms with Gasteiger partial charge >= 0.3 is 0 Å². The molecular weight excluding hydrogens is 144 g/mol. The summed E-state index contributed by atoms with van der Waals surface area (Å²) in [5.41, 5.74) is 4.87. The lowest BCUT2D eigenvalue weighted by Gasteiger charge is -2.31. The van der Waals surface area contributed by atoms with Gasteiger partial charge in [0.1, 0.15) is 0 Å². The van der Waals surface area contributed by atoms with E-state index in [9.17, 15) is 0 Å². The zero-order valence-electron chi connectivity index (χ0n) is 7.51. The molecule has 0 heterocycles. The molecule has 2 aliphatic rings. The van der Waals surface area contributed by atoms with Crippen LogP contribution in [-0.2, 0) is 6.42 Å². The molecule has 0 aliphatic heterocycles. The molecule has 0 saturated heterocycles. The third-order valence-electron chi connectivity index (χ3n) is 3.68. The first kappa shape index (κ1) is 6.71. The van der Waals surface area contributed by atoms with Gasteiger partial charge in [-0.15, -0.1) is 0 Å². The standard InChI is InChI=1S/C12H14/c1-8-3-2-4-10-7-9-5-6-11(9)12(8)10/h2-4,9,11H,5-7H2,1H3. The summed E-state index contributed by atoms with van der Waals surface area (Å²) in [6, 6.07) is 6.79. The van der Waals surface area contributed by atoms with Crippen molar-refractivity contribution in [2.75, 3.05) is 0 Å². The number of fused-ring (bicyclic) bond motifs is 3.